The monoisotopic (exact) mass is 321 g/mol. The van der Waals surface area contributed by atoms with E-state index in [-0.39, 0.29) is 12.1 Å². The summed E-state index contributed by atoms with van der Waals surface area (Å²) < 4.78 is 51.1. The fourth-order valence-electron chi connectivity index (χ4n) is 1.66. The van der Waals surface area contributed by atoms with Gasteiger partial charge >= 0.3 is 0 Å². The number of hydrogen-bond acceptors (Lipinski definition) is 4. The van der Waals surface area contributed by atoms with E-state index in [1.54, 1.807) is 13.8 Å². The summed E-state index contributed by atoms with van der Waals surface area (Å²) in [6.45, 7) is 3.05. The van der Waals surface area contributed by atoms with Crippen molar-refractivity contribution in [3.8, 4) is 0 Å². The molecule has 1 amide bonds. The Kier molecular flexibility index (Phi) is 4.90. The number of anilines is 1. The van der Waals surface area contributed by atoms with E-state index in [1.165, 1.54) is 0 Å². The molecule has 1 rings (SSSR count). The predicted octanol–water partition coefficient (Wildman–Crippen LogP) is 0.605. The minimum Gasteiger partial charge on any atom is -0.394 e. The highest BCUT2D eigenvalue weighted by atomic mass is 32.2. The molecular formula is C12H17F2N3O3S. The number of nitrogens with one attached hydrogen (secondary N) is 2. The Hall–Kier alpha value is -1.74. The molecule has 0 spiro atoms. The SMILES string of the molecule is CC(C)(CNC(=O)c1cc(F)c(N)c(F)c1)NS(C)(=O)=O. The first kappa shape index (κ1) is 17.3. The van der Waals surface area contributed by atoms with Crippen LogP contribution in [0.25, 0.3) is 0 Å². The highest BCUT2D eigenvalue weighted by Crippen LogP contribution is 2.17. The van der Waals surface area contributed by atoms with Crippen molar-refractivity contribution in [2.24, 2.45) is 0 Å². The zero-order chi connectivity index (χ0) is 16.4. The van der Waals surface area contributed by atoms with Crippen molar-refractivity contribution in [1.29, 1.82) is 0 Å². The molecule has 0 radical (unpaired) electrons. The maximum absolute atomic E-state index is 13.3. The maximum Gasteiger partial charge on any atom is 0.251 e. The number of nitrogens with two attached hydrogens (primary N) is 1. The summed E-state index contributed by atoms with van der Waals surface area (Å²) in [6.07, 6.45) is 0.987. The Morgan fingerprint density at radius 3 is 2.19 bits per heavy atom. The normalized spacial score (nSPS) is 12.2. The molecule has 0 aliphatic carbocycles. The molecule has 0 heterocycles. The van der Waals surface area contributed by atoms with Gasteiger partial charge < -0.3 is 11.1 Å². The number of rotatable bonds is 5. The van der Waals surface area contributed by atoms with Gasteiger partial charge in [0.25, 0.3) is 5.91 Å². The third kappa shape index (κ3) is 5.27. The van der Waals surface area contributed by atoms with Crippen LogP contribution >= 0.6 is 0 Å². The molecule has 0 unspecified atom stereocenters. The number of amides is 1. The van der Waals surface area contributed by atoms with Crippen LogP contribution in [0.4, 0.5) is 14.5 Å². The molecule has 9 heteroatoms. The van der Waals surface area contributed by atoms with Gasteiger partial charge in [-0.1, -0.05) is 0 Å². The molecule has 0 aliphatic rings. The quantitative estimate of drug-likeness (QED) is 0.691. The molecule has 0 aromatic heterocycles. The van der Waals surface area contributed by atoms with Gasteiger partial charge in [0.05, 0.1) is 6.26 Å². The van der Waals surface area contributed by atoms with Crippen LogP contribution in [-0.2, 0) is 10.0 Å². The third-order valence-corrected chi connectivity index (χ3v) is 3.42. The number of halogens is 2. The molecule has 0 saturated carbocycles. The first-order valence-corrected chi connectivity index (χ1v) is 7.82. The van der Waals surface area contributed by atoms with Gasteiger partial charge in [-0.3, -0.25) is 4.79 Å². The van der Waals surface area contributed by atoms with Gasteiger partial charge in [-0.2, -0.15) is 0 Å². The van der Waals surface area contributed by atoms with Gasteiger partial charge in [-0.25, -0.2) is 21.9 Å². The Morgan fingerprint density at radius 1 is 1.29 bits per heavy atom. The summed E-state index contributed by atoms with van der Waals surface area (Å²) in [5.41, 5.74) is 3.25. The van der Waals surface area contributed by atoms with E-state index in [9.17, 15) is 22.0 Å². The van der Waals surface area contributed by atoms with Crippen molar-refractivity contribution in [2.45, 2.75) is 19.4 Å². The number of carbonyl (C=O) groups is 1. The van der Waals surface area contributed by atoms with Gasteiger partial charge in [0.15, 0.2) is 0 Å². The average molecular weight is 321 g/mol. The summed E-state index contributed by atoms with van der Waals surface area (Å²) in [5.74, 6) is -2.81. The van der Waals surface area contributed by atoms with E-state index in [1.807, 2.05) is 0 Å². The molecular weight excluding hydrogens is 304 g/mol. The van der Waals surface area contributed by atoms with E-state index >= 15 is 0 Å². The molecule has 6 nitrogen and oxygen atoms in total. The Labute approximate surface area is 121 Å². The van der Waals surface area contributed by atoms with Crippen LogP contribution in [0.5, 0.6) is 0 Å². The van der Waals surface area contributed by atoms with Crippen LogP contribution in [0, 0.1) is 11.6 Å². The van der Waals surface area contributed by atoms with Gasteiger partial charge in [0.2, 0.25) is 10.0 Å². The largest absolute Gasteiger partial charge is 0.394 e. The summed E-state index contributed by atoms with van der Waals surface area (Å²) in [4.78, 5) is 11.8. The van der Waals surface area contributed by atoms with Crippen molar-refractivity contribution in [1.82, 2.24) is 10.0 Å². The van der Waals surface area contributed by atoms with Gasteiger partial charge in [0, 0.05) is 17.6 Å². The maximum atomic E-state index is 13.3. The number of nitrogen functional groups attached to an aromatic ring is 1. The molecule has 0 bridgehead atoms. The standard InChI is InChI=1S/C12H17F2N3O3S/c1-12(2,17-21(3,19)20)6-16-11(18)7-4-8(13)10(15)9(14)5-7/h4-5,17H,6,15H2,1-3H3,(H,16,18). The van der Waals surface area contributed by atoms with Crippen LogP contribution in [0.2, 0.25) is 0 Å². The summed E-state index contributed by atoms with van der Waals surface area (Å²) in [7, 11) is -3.45. The number of carbonyl (C=O) groups excluding carboxylic acids is 1. The Morgan fingerprint density at radius 2 is 1.76 bits per heavy atom. The molecule has 21 heavy (non-hydrogen) atoms. The smallest absolute Gasteiger partial charge is 0.251 e. The summed E-state index contributed by atoms with van der Waals surface area (Å²) in [6, 6.07) is 1.62. The first-order chi connectivity index (χ1) is 9.41. The molecule has 0 saturated heterocycles. The van der Waals surface area contributed by atoms with Gasteiger partial charge in [0.1, 0.15) is 17.3 Å². The van der Waals surface area contributed by atoms with E-state index in [0.717, 1.165) is 18.4 Å². The van der Waals surface area contributed by atoms with Crippen LogP contribution in [-0.4, -0.2) is 32.7 Å². The van der Waals surface area contributed by atoms with Crippen molar-refractivity contribution in [2.75, 3.05) is 18.5 Å². The number of hydrogen-bond donors (Lipinski definition) is 3. The second-order valence-electron chi connectivity index (χ2n) is 5.29. The van der Waals surface area contributed by atoms with E-state index in [0.29, 0.717) is 0 Å². The molecule has 1 aromatic rings. The fraction of sp³-hybridized carbons (Fsp3) is 0.417. The zero-order valence-corrected chi connectivity index (χ0v) is 12.6. The van der Waals surface area contributed by atoms with Crippen LogP contribution in [0.1, 0.15) is 24.2 Å². The lowest BCUT2D eigenvalue weighted by Gasteiger charge is -2.25. The number of benzene rings is 1. The Balaban J connectivity index is 2.79. The number of sulfonamides is 1. The second-order valence-corrected chi connectivity index (χ2v) is 7.04. The van der Waals surface area contributed by atoms with Crippen LogP contribution < -0.4 is 15.8 Å². The van der Waals surface area contributed by atoms with Crippen LogP contribution in [0.15, 0.2) is 12.1 Å². The summed E-state index contributed by atoms with van der Waals surface area (Å²) >= 11 is 0. The minimum absolute atomic E-state index is 0.0630. The van der Waals surface area contributed by atoms with E-state index < -0.39 is 38.8 Å². The topological polar surface area (TPSA) is 101 Å². The lowest BCUT2D eigenvalue weighted by Crippen LogP contribution is -2.51. The van der Waals surface area contributed by atoms with Crippen molar-refractivity contribution >= 4 is 21.6 Å². The van der Waals surface area contributed by atoms with Crippen molar-refractivity contribution in [3.05, 3.63) is 29.3 Å². The van der Waals surface area contributed by atoms with Gasteiger partial charge in [-0.15, -0.1) is 0 Å². The van der Waals surface area contributed by atoms with E-state index in [2.05, 4.69) is 10.0 Å². The first-order valence-electron chi connectivity index (χ1n) is 5.93. The molecule has 0 fully saturated rings. The van der Waals surface area contributed by atoms with Crippen LogP contribution in [0.3, 0.4) is 0 Å². The summed E-state index contributed by atoms with van der Waals surface area (Å²) in [5, 5.41) is 2.40. The highest BCUT2D eigenvalue weighted by Gasteiger charge is 2.23. The van der Waals surface area contributed by atoms with Crippen molar-refractivity contribution in [3.63, 3.8) is 0 Å². The molecule has 4 N–H and O–H groups in total. The fourth-order valence-corrected chi connectivity index (χ4v) is 2.73. The van der Waals surface area contributed by atoms with E-state index in [4.69, 9.17) is 5.73 Å². The molecule has 118 valence electrons. The lowest BCUT2D eigenvalue weighted by molar-refractivity contribution is 0.0943. The zero-order valence-electron chi connectivity index (χ0n) is 11.8. The molecule has 0 atom stereocenters. The minimum atomic E-state index is -3.45. The molecule has 1 aromatic carbocycles. The Bertz CT molecular complexity index is 637. The van der Waals surface area contributed by atoms with Crippen molar-refractivity contribution < 1.29 is 22.0 Å². The predicted molar refractivity (Wildman–Crippen MR) is 75.2 cm³/mol. The van der Waals surface area contributed by atoms with Gasteiger partial charge in [-0.05, 0) is 26.0 Å². The second kappa shape index (κ2) is 5.94. The molecule has 0 aliphatic heterocycles. The average Bonchev–Trinajstić information content (AvgIpc) is 2.29. The highest BCUT2D eigenvalue weighted by molar-refractivity contribution is 7.88. The third-order valence-electron chi connectivity index (χ3n) is 2.49. The lowest BCUT2D eigenvalue weighted by atomic mass is 10.1.